The first-order valence-corrected chi connectivity index (χ1v) is 12.7. The van der Waals surface area contributed by atoms with Crippen molar-refractivity contribution in [2.45, 2.75) is 57.5 Å². The first kappa shape index (κ1) is 24.8. The number of nitrogens with zero attached hydrogens (tertiary/aromatic N) is 5. The Morgan fingerprint density at radius 1 is 1.16 bits per heavy atom. The van der Waals surface area contributed by atoms with Gasteiger partial charge in [-0.1, -0.05) is 12.1 Å². The standard InChI is InChI=1S/C26H33N7O4/c1-16(34)29-21(14-17-6-4-9-22(36-2)23(17)37-3)24(35)30-18-10-12-32(13-11-18)25-19-7-5-8-20(19)31-26-27-15-28-33(25)26/h4,6,9,15,18,21H,5,7-8,10-14H2,1-3H3,(H,29,34)(H,30,35)/t21-/m0/s1. The molecule has 3 aromatic rings. The van der Waals surface area contributed by atoms with Crippen molar-refractivity contribution < 1.29 is 19.1 Å². The Bertz CT molecular complexity index is 1300. The van der Waals surface area contributed by atoms with Crippen LogP contribution >= 0.6 is 0 Å². The van der Waals surface area contributed by atoms with E-state index < -0.39 is 6.04 Å². The molecule has 2 N–H and O–H groups in total. The van der Waals surface area contributed by atoms with Gasteiger partial charge in [0.2, 0.25) is 11.8 Å². The fourth-order valence-electron chi connectivity index (χ4n) is 5.45. The lowest BCUT2D eigenvalue weighted by molar-refractivity contribution is -0.128. The summed E-state index contributed by atoms with van der Waals surface area (Å²) in [6.45, 7) is 2.98. The molecule has 196 valence electrons. The lowest BCUT2D eigenvalue weighted by atomic mass is 10.0. The number of anilines is 1. The van der Waals surface area contributed by atoms with E-state index in [1.807, 2.05) is 16.6 Å². The van der Waals surface area contributed by atoms with E-state index in [4.69, 9.17) is 9.47 Å². The number of aryl methyl sites for hydroxylation is 1. The Balaban J connectivity index is 1.27. The third kappa shape index (κ3) is 5.03. The quantitative estimate of drug-likeness (QED) is 0.470. The van der Waals surface area contributed by atoms with Crippen LogP contribution in [-0.2, 0) is 28.9 Å². The van der Waals surface area contributed by atoms with Crippen LogP contribution in [0.15, 0.2) is 24.5 Å². The van der Waals surface area contributed by atoms with E-state index in [1.165, 1.54) is 12.5 Å². The summed E-state index contributed by atoms with van der Waals surface area (Å²) >= 11 is 0. The summed E-state index contributed by atoms with van der Waals surface area (Å²) in [4.78, 5) is 36.6. The number of fused-ring (bicyclic) bond motifs is 2. The summed E-state index contributed by atoms with van der Waals surface area (Å²) in [5, 5.41) is 10.4. The topological polar surface area (TPSA) is 123 Å². The highest BCUT2D eigenvalue weighted by atomic mass is 16.5. The third-order valence-corrected chi connectivity index (χ3v) is 7.17. The van der Waals surface area contributed by atoms with Crippen molar-refractivity contribution in [2.75, 3.05) is 32.2 Å². The number of benzene rings is 1. The minimum Gasteiger partial charge on any atom is -0.493 e. The number of hydrogen-bond donors (Lipinski definition) is 2. The Morgan fingerprint density at radius 2 is 1.97 bits per heavy atom. The van der Waals surface area contributed by atoms with E-state index in [2.05, 4.69) is 30.6 Å². The van der Waals surface area contributed by atoms with Crippen molar-refractivity contribution in [3.8, 4) is 11.5 Å². The molecule has 1 aromatic carbocycles. The average Bonchev–Trinajstić information content (AvgIpc) is 3.56. The molecule has 1 aliphatic heterocycles. The molecule has 2 amide bonds. The molecule has 5 rings (SSSR count). The largest absolute Gasteiger partial charge is 0.493 e. The number of methoxy groups -OCH3 is 2. The molecule has 0 unspecified atom stereocenters. The van der Waals surface area contributed by atoms with Crippen LogP contribution in [0.25, 0.3) is 5.78 Å². The average molecular weight is 508 g/mol. The summed E-state index contributed by atoms with van der Waals surface area (Å²) in [5.74, 6) is 2.39. The zero-order valence-corrected chi connectivity index (χ0v) is 21.5. The van der Waals surface area contributed by atoms with Gasteiger partial charge in [0.05, 0.1) is 19.9 Å². The number of para-hydroxylation sites is 1. The fraction of sp³-hybridized carbons (Fsp3) is 0.500. The minimum absolute atomic E-state index is 0.00772. The number of aromatic nitrogens is 4. The molecule has 0 saturated carbocycles. The molecular weight excluding hydrogens is 474 g/mol. The van der Waals surface area contributed by atoms with Crippen molar-refractivity contribution in [3.05, 3.63) is 41.3 Å². The highest BCUT2D eigenvalue weighted by Gasteiger charge is 2.30. The minimum atomic E-state index is -0.727. The zero-order valence-electron chi connectivity index (χ0n) is 21.5. The van der Waals surface area contributed by atoms with Crippen LogP contribution in [0.4, 0.5) is 5.82 Å². The van der Waals surface area contributed by atoms with Crippen molar-refractivity contribution in [1.82, 2.24) is 30.2 Å². The highest BCUT2D eigenvalue weighted by Crippen LogP contribution is 2.33. The van der Waals surface area contributed by atoms with E-state index >= 15 is 0 Å². The van der Waals surface area contributed by atoms with Crippen LogP contribution in [0.1, 0.15) is 43.0 Å². The van der Waals surface area contributed by atoms with Crippen LogP contribution in [0, 0.1) is 0 Å². The molecule has 0 radical (unpaired) electrons. The molecule has 2 aliphatic rings. The summed E-state index contributed by atoms with van der Waals surface area (Å²) in [6.07, 6.45) is 6.48. The van der Waals surface area contributed by atoms with E-state index in [9.17, 15) is 9.59 Å². The van der Waals surface area contributed by atoms with E-state index in [1.54, 1.807) is 26.6 Å². The van der Waals surface area contributed by atoms with E-state index in [0.29, 0.717) is 17.3 Å². The molecule has 1 aliphatic carbocycles. The molecule has 0 bridgehead atoms. The van der Waals surface area contributed by atoms with Crippen LogP contribution in [-0.4, -0.2) is 70.8 Å². The summed E-state index contributed by atoms with van der Waals surface area (Å²) in [7, 11) is 3.13. The molecular formula is C26H33N7O4. The van der Waals surface area contributed by atoms with Gasteiger partial charge in [0.1, 0.15) is 18.2 Å². The monoisotopic (exact) mass is 507 g/mol. The molecule has 1 saturated heterocycles. The number of carbonyl (C=O) groups is 2. The van der Waals surface area contributed by atoms with Gasteiger partial charge in [-0.3, -0.25) is 9.59 Å². The van der Waals surface area contributed by atoms with Crippen LogP contribution in [0.3, 0.4) is 0 Å². The van der Waals surface area contributed by atoms with Gasteiger partial charge in [-0.2, -0.15) is 14.6 Å². The summed E-state index contributed by atoms with van der Waals surface area (Å²) in [6, 6.07) is 4.80. The van der Waals surface area contributed by atoms with Crippen molar-refractivity contribution in [3.63, 3.8) is 0 Å². The number of ether oxygens (including phenoxy) is 2. The maximum Gasteiger partial charge on any atom is 0.254 e. The second kappa shape index (κ2) is 10.6. The van der Waals surface area contributed by atoms with Gasteiger partial charge >= 0.3 is 0 Å². The number of nitrogens with one attached hydrogen (secondary N) is 2. The van der Waals surface area contributed by atoms with Gasteiger partial charge in [-0.15, -0.1) is 0 Å². The number of rotatable bonds is 8. The number of piperidine rings is 1. The van der Waals surface area contributed by atoms with Gasteiger partial charge in [0, 0.05) is 43.6 Å². The molecule has 0 spiro atoms. The van der Waals surface area contributed by atoms with Crippen molar-refractivity contribution in [1.29, 1.82) is 0 Å². The second-order valence-corrected chi connectivity index (χ2v) is 9.57. The Hall–Kier alpha value is -3.89. The highest BCUT2D eigenvalue weighted by molar-refractivity contribution is 5.87. The molecule has 2 aromatic heterocycles. The van der Waals surface area contributed by atoms with Crippen molar-refractivity contribution >= 4 is 23.4 Å². The predicted octanol–water partition coefficient (Wildman–Crippen LogP) is 1.46. The molecule has 37 heavy (non-hydrogen) atoms. The Morgan fingerprint density at radius 3 is 2.70 bits per heavy atom. The normalized spacial score (nSPS) is 16.4. The molecule has 1 fully saturated rings. The maximum absolute atomic E-state index is 13.3. The summed E-state index contributed by atoms with van der Waals surface area (Å²) < 4.78 is 12.8. The van der Waals surface area contributed by atoms with Gasteiger partial charge in [0.15, 0.2) is 11.5 Å². The maximum atomic E-state index is 13.3. The zero-order chi connectivity index (χ0) is 25.9. The Kier molecular flexibility index (Phi) is 7.11. The second-order valence-electron chi connectivity index (χ2n) is 9.57. The first-order valence-electron chi connectivity index (χ1n) is 12.7. The number of carbonyl (C=O) groups excluding carboxylic acids is 2. The van der Waals surface area contributed by atoms with Gasteiger partial charge in [-0.05, 0) is 38.2 Å². The Labute approximate surface area is 215 Å². The van der Waals surface area contributed by atoms with Crippen LogP contribution < -0.4 is 25.0 Å². The smallest absolute Gasteiger partial charge is 0.254 e. The van der Waals surface area contributed by atoms with Crippen LogP contribution in [0.5, 0.6) is 11.5 Å². The molecule has 11 nitrogen and oxygen atoms in total. The number of amides is 2. The lowest BCUT2D eigenvalue weighted by Gasteiger charge is -2.35. The molecule has 11 heteroatoms. The van der Waals surface area contributed by atoms with Crippen molar-refractivity contribution in [2.24, 2.45) is 0 Å². The fourth-order valence-corrected chi connectivity index (χ4v) is 5.45. The van der Waals surface area contributed by atoms with E-state index in [-0.39, 0.29) is 24.3 Å². The first-order chi connectivity index (χ1) is 18.0. The predicted molar refractivity (Wildman–Crippen MR) is 137 cm³/mol. The third-order valence-electron chi connectivity index (χ3n) is 7.17. The van der Waals surface area contributed by atoms with Crippen LogP contribution in [0.2, 0.25) is 0 Å². The molecule has 1 atom stereocenters. The van der Waals surface area contributed by atoms with E-state index in [0.717, 1.165) is 62.3 Å². The van der Waals surface area contributed by atoms with Gasteiger partial charge < -0.3 is 25.0 Å². The SMILES string of the molecule is COc1cccc(C[C@H](NC(C)=O)C(=O)NC2CCN(c3c4c(nc5ncnn35)CCC4)CC2)c1OC. The van der Waals surface area contributed by atoms with Gasteiger partial charge in [0.25, 0.3) is 5.78 Å². The van der Waals surface area contributed by atoms with Gasteiger partial charge in [-0.25, -0.2) is 4.98 Å². The lowest BCUT2D eigenvalue weighted by Crippen LogP contribution is -2.52. The summed E-state index contributed by atoms with van der Waals surface area (Å²) in [5.41, 5.74) is 3.17. The molecule has 3 heterocycles. The number of hydrogen-bond acceptors (Lipinski definition) is 8.